The highest BCUT2D eigenvalue weighted by Crippen LogP contribution is 2.36. The molecule has 1 heterocycles. The molecule has 1 saturated carbocycles. The van der Waals surface area contributed by atoms with E-state index in [-0.39, 0.29) is 12.5 Å². The molecule has 0 radical (unpaired) electrons. The number of hydrogen-bond acceptors (Lipinski definition) is 3. The van der Waals surface area contributed by atoms with E-state index in [0.717, 1.165) is 35.7 Å². The topological polar surface area (TPSA) is 47.1 Å². The number of nitrogens with zero attached hydrogens (tertiary/aromatic N) is 1. The molecule has 1 aromatic heterocycles. The summed E-state index contributed by atoms with van der Waals surface area (Å²) < 4.78 is 39.2. The zero-order valence-electron chi connectivity index (χ0n) is 15.7. The monoisotopic (exact) mass is 384 g/mol. The largest absolute Gasteiger partial charge is 0.493 e. The minimum absolute atomic E-state index is 0.201. The predicted octanol–water partition coefficient (Wildman–Crippen LogP) is 5.28. The third-order valence-corrected chi connectivity index (χ3v) is 5.18. The van der Waals surface area contributed by atoms with Crippen LogP contribution in [0.25, 0.3) is 11.3 Å². The summed E-state index contributed by atoms with van der Waals surface area (Å²) in [7, 11) is 1.62. The van der Waals surface area contributed by atoms with Gasteiger partial charge in [-0.15, -0.1) is 0 Å². The second kappa shape index (κ2) is 8.00. The van der Waals surface area contributed by atoms with Crippen LogP contribution in [0.1, 0.15) is 36.8 Å². The first-order chi connectivity index (χ1) is 13.7. The van der Waals surface area contributed by atoms with Crippen LogP contribution >= 0.6 is 0 Å². The van der Waals surface area contributed by atoms with Gasteiger partial charge in [-0.2, -0.15) is 5.10 Å². The Morgan fingerprint density at radius 1 is 1.07 bits per heavy atom. The summed E-state index contributed by atoms with van der Waals surface area (Å²) in [5.74, 6) is -0.314. The summed E-state index contributed by atoms with van der Waals surface area (Å²) in [6.07, 6.45) is 6.52. The molecule has 1 N–H and O–H groups in total. The smallest absolute Gasteiger partial charge is 0.162 e. The van der Waals surface area contributed by atoms with E-state index in [1.54, 1.807) is 19.4 Å². The Morgan fingerprint density at radius 2 is 1.89 bits per heavy atom. The minimum Gasteiger partial charge on any atom is -0.493 e. The number of hydrogen-bond donors (Lipinski definition) is 1. The highest BCUT2D eigenvalue weighted by Gasteiger charge is 2.20. The Morgan fingerprint density at radius 3 is 2.68 bits per heavy atom. The van der Waals surface area contributed by atoms with Crippen molar-refractivity contribution in [2.75, 3.05) is 7.11 Å². The maximum Gasteiger partial charge on any atom is 0.162 e. The number of aromatic nitrogens is 2. The second-order valence-electron chi connectivity index (χ2n) is 7.05. The van der Waals surface area contributed by atoms with Gasteiger partial charge < -0.3 is 9.47 Å². The first-order valence-electron chi connectivity index (χ1n) is 9.46. The molecule has 2 aromatic carbocycles. The van der Waals surface area contributed by atoms with Gasteiger partial charge >= 0.3 is 0 Å². The van der Waals surface area contributed by atoms with Crippen LogP contribution in [-0.2, 0) is 6.42 Å². The van der Waals surface area contributed by atoms with Crippen molar-refractivity contribution in [1.29, 1.82) is 0 Å². The quantitative estimate of drug-likeness (QED) is 0.629. The number of aromatic amines is 1. The Bertz CT molecular complexity index is 965. The molecule has 4 nitrogen and oxygen atoms in total. The van der Waals surface area contributed by atoms with Crippen molar-refractivity contribution in [3.05, 3.63) is 65.4 Å². The third-order valence-electron chi connectivity index (χ3n) is 5.18. The average Bonchev–Trinajstić information content (AvgIpc) is 3.37. The number of ether oxygens (including phenoxy) is 2. The molecule has 0 bridgehead atoms. The summed E-state index contributed by atoms with van der Waals surface area (Å²) in [6, 6.07) is 9.87. The Hall–Kier alpha value is -2.89. The SMILES string of the molecule is COc1ccc(-c2[nH]ncc2Cc2cccc(F)c2F)cc1OC1CCCC1. The lowest BCUT2D eigenvalue weighted by Gasteiger charge is -2.17. The number of rotatable bonds is 6. The fraction of sp³-hybridized carbons (Fsp3) is 0.318. The Balaban J connectivity index is 1.64. The molecule has 0 spiro atoms. The first kappa shape index (κ1) is 18.5. The molecule has 0 amide bonds. The van der Waals surface area contributed by atoms with Gasteiger partial charge in [0.1, 0.15) is 0 Å². The van der Waals surface area contributed by atoms with E-state index in [2.05, 4.69) is 10.2 Å². The van der Waals surface area contributed by atoms with Crippen LogP contribution in [0.5, 0.6) is 11.5 Å². The van der Waals surface area contributed by atoms with Crippen molar-refractivity contribution in [2.45, 2.75) is 38.2 Å². The first-order valence-corrected chi connectivity index (χ1v) is 9.46. The van der Waals surface area contributed by atoms with E-state index in [1.165, 1.54) is 18.9 Å². The fourth-order valence-corrected chi connectivity index (χ4v) is 3.70. The molecule has 0 unspecified atom stereocenters. The van der Waals surface area contributed by atoms with Gasteiger partial charge in [-0.05, 0) is 55.5 Å². The lowest BCUT2D eigenvalue weighted by atomic mass is 10.0. The molecule has 3 aromatic rings. The van der Waals surface area contributed by atoms with Crippen molar-refractivity contribution >= 4 is 0 Å². The van der Waals surface area contributed by atoms with Crippen molar-refractivity contribution in [2.24, 2.45) is 0 Å². The molecule has 28 heavy (non-hydrogen) atoms. The number of benzene rings is 2. The molecular formula is C22H22F2N2O2. The number of halogens is 2. The van der Waals surface area contributed by atoms with Crippen LogP contribution in [0.4, 0.5) is 8.78 Å². The van der Waals surface area contributed by atoms with Crippen LogP contribution < -0.4 is 9.47 Å². The molecule has 0 aliphatic heterocycles. The van der Waals surface area contributed by atoms with Gasteiger partial charge in [0.25, 0.3) is 0 Å². The van der Waals surface area contributed by atoms with Gasteiger partial charge in [0, 0.05) is 17.5 Å². The predicted molar refractivity (Wildman–Crippen MR) is 103 cm³/mol. The summed E-state index contributed by atoms with van der Waals surface area (Å²) in [4.78, 5) is 0. The van der Waals surface area contributed by atoms with Crippen LogP contribution in [-0.4, -0.2) is 23.4 Å². The van der Waals surface area contributed by atoms with E-state index in [9.17, 15) is 8.78 Å². The normalized spacial score (nSPS) is 14.4. The standard InChI is InChI=1S/C22H22F2N2O2/c1-27-19-10-9-15(12-20(19)28-17-6-2-3-7-17)22-16(13-25-26-22)11-14-5-4-8-18(23)21(14)24/h4-5,8-10,12-13,17H,2-3,6-7,11H2,1H3,(H,25,26). The second-order valence-corrected chi connectivity index (χ2v) is 7.05. The van der Waals surface area contributed by atoms with Crippen LogP contribution in [0.15, 0.2) is 42.6 Å². The molecule has 4 rings (SSSR count). The van der Waals surface area contributed by atoms with E-state index in [1.807, 2.05) is 18.2 Å². The highest BCUT2D eigenvalue weighted by atomic mass is 19.2. The fourth-order valence-electron chi connectivity index (χ4n) is 3.70. The summed E-state index contributed by atoms with van der Waals surface area (Å²) >= 11 is 0. The molecule has 1 fully saturated rings. The van der Waals surface area contributed by atoms with Crippen LogP contribution in [0, 0.1) is 11.6 Å². The van der Waals surface area contributed by atoms with Gasteiger partial charge in [0.15, 0.2) is 23.1 Å². The molecule has 1 aliphatic rings. The van der Waals surface area contributed by atoms with E-state index in [0.29, 0.717) is 17.1 Å². The van der Waals surface area contributed by atoms with Gasteiger partial charge in [-0.1, -0.05) is 12.1 Å². The maximum atomic E-state index is 14.1. The highest BCUT2D eigenvalue weighted by molar-refractivity contribution is 5.67. The lowest BCUT2D eigenvalue weighted by molar-refractivity contribution is 0.201. The number of methoxy groups -OCH3 is 1. The zero-order chi connectivity index (χ0) is 19.5. The Kier molecular flexibility index (Phi) is 5.28. The van der Waals surface area contributed by atoms with Gasteiger partial charge in [-0.3, -0.25) is 5.10 Å². The third kappa shape index (κ3) is 3.72. The lowest BCUT2D eigenvalue weighted by Crippen LogP contribution is -2.11. The summed E-state index contributed by atoms with van der Waals surface area (Å²) in [5, 5.41) is 7.08. The molecule has 1 aliphatic carbocycles. The summed E-state index contributed by atoms with van der Waals surface area (Å²) in [5.41, 5.74) is 2.68. The number of nitrogens with one attached hydrogen (secondary N) is 1. The van der Waals surface area contributed by atoms with Crippen molar-refractivity contribution in [1.82, 2.24) is 10.2 Å². The van der Waals surface area contributed by atoms with E-state index < -0.39 is 11.6 Å². The average molecular weight is 384 g/mol. The van der Waals surface area contributed by atoms with E-state index in [4.69, 9.17) is 9.47 Å². The van der Waals surface area contributed by atoms with Crippen molar-refractivity contribution in [3.8, 4) is 22.8 Å². The zero-order valence-corrected chi connectivity index (χ0v) is 15.7. The molecule has 0 saturated heterocycles. The van der Waals surface area contributed by atoms with Gasteiger partial charge in [-0.25, -0.2) is 8.78 Å². The molecular weight excluding hydrogens is 362 g/mol. The van der Waals surface area contributed by atoms with E-state index >= 15 is 0 Å². The molecule has 6 heteroatoms. The molecule has 146 valence electrons. The Labute approximate surface area is 162 Å². The van der Waals surface area contributed by atoms with Crippen LogP contribution in [0.2, 0.25) is 0 Å². The summed E-state index contributed by atoms with van der Waals surface area (Å²) in [6.45, 7) is 0. The minimum atomic E-state index is -0.848. The van der Waals surface area contributed by atoms with Gasteiger partial charge in [0.2, 0.25) is 0 Å². The number of H-pyrrole nitrogens is 1. The van der Waals surface area contributed by atoms with Gasteiger partial charge in [0.05, 0.1) is 25.1 Å². The van der Waals surface area contributed by atoms with Crippen LogP contribution in [0.3, 0.4) is 0 Å². The molecule has 0 atom stereocenters. The maximum absolute atomic E-state index is 14.1. The van der Waals surface area contributed by atoms with Crippen molar-refractivity contribution < 1.29 is 18.3 Å². The van der Waals surface area contributed by atoms with Crippen molar-refractivity contribution in [3.63, 3.8) is 0 Å².